The fourth-order valence-corrected chi connectivity index (χ4v) is 2.97. The predicted octanol–water partition coefficient (Wildman–Crippen LogP) is 3.57. The average Bonchev–Trinajstić information content (AvgIpc) is 2.35. The van der Waals surface area contributed by atoms with Crippen molar-refractivity contribution in [2.75, 3.05) is 13.1 Å². The second kappa shape index (κ2) is 5.11. The van der Waals surface area contributed by atoms with Crippen LogP contribution in [-0.2, 0) is 13.0 Å². The van der Waals surface area contributed by atoms with Crippen molar-refractivity contribution in [1.82, 2.24) is 4.90 Å². The highest BCUT2D eigenvalue weighted by Gasteiger charge is 2.20. The maximum absolute atomic E-state index is 2.61. The van der Waals surface area contributed by atoms with Crippen LogP contribution in [0.1, 0.15) is 24.5 Å². The standard InChI is InChI=1S/C17H21N/c1-2-14(15-8-5-9-15)12-18-11-10-16-6-3-4-7-17(16)13-18/h3-9,14H,2,10-13H2,1H3. The molecule has 1 nitrogen and oxygen atoms in total. The Morgan fingerprint density at radius 2 is 2.00 bits per heavy atom. The van der Waals surface area contributed by atoms with Crippen molar-refractivity contribution in [3.63, 3.8) is 0 Å². The summed E-state index contributed by atoms with van der Waals surface area (Å²) in [6.45, 7) is 5.85. The summed E-state index contributed by atoms with van der Waals surface area (Å²) in [4.78, 5) is 2.61. The normalized spacial score (nSPS) is 19.9. The molecule has 1 unspecified atom stereocenters. The van der Waals surface area contributed by atoms with E-state index in [4.69, 9.17) is 0 Å². The summed E-state index contributed by atoms with van der Waals surface area (Å²) in [5, 5.41) is 0. The van der Waals surface area contributed by atoms with E-state index in [-0.39, 0.29) is 0 Å². The Hall–Kier alpha value is -1.34. The topological polar surface area (TPSA) is 3.24 Å². The highest BCUT2D eigenvalue weighted by Crippen LogP contribution is 2.26. The van der Waals surface area contributed by atoms with Gasteiger partial charge in [-0.3, -0.25) is 4.90 Å². The first-order chi connectivity index (χ1) is 8.86. The lowest BCUT2D eigenvalue weighted by atomic mass is 9.89. The van der Waals surface area contributed by atoms with Gasteiger partial charge in [-0.25, -0.2) is 0 Å². The first-order valence-corrected chi connectivity index (χ1v) is 7.04. The molecule has 1 heteroatoms. The summed E-state index contributed by atoms with van der Waals surface area (Å²) in [7, 11) is 0. The average molecular weight is 239 g/mol. The van der Waals surface area contributed by atoms with E-state index >= 15 is 0 Å². The van der Waals surface area contributed by atoms with Gasteiger partial charge in [0.2, 0.25) is 0 Å². The van der Waals surface area contributed by atoms with Gasteiger partial charge in [0.25, 0.3) is 0 Å². The number of allylic oxidation sites excluding steroid dienone is 3. The van der Waals surface area contributed by atoms with E-state index in [1.807, 2.05) is 0 Å². The number of hydrogen-bond donors (Lipinski definition) is 0. The molecular formula is C17H21N. The fraction of sp³-hybridized carbons (Fsp3) is 0.412. The Bertz CT molecular complexity index is 484. The number of hydrogen-bond acceptors (Lipinski definition) is 1. The highest BCUT2D eigenvalue weighted by molar-refractivity contribution is 5.37. The molecule has 3 rings (SSSR count). The maximum Gasteiger partial charge on any atom is 0.0236 e. The SMILES string of the molecule is CCC(CN1CCc2ccccc2C1)C1=CC=C1. The molecule has 94 valence electrons. The Morgan fingerprint density at radius 3 is 2.67 bits per heavy atom. The molecule has 1 aliphatic carbocycles. The molecule has 0 N–H and O–H groups in total. The van der Waals surface area contributed by atoms with Crippen molar-refractivity contribution in [3.8, 4) is 0 Å². The van der Waals surface area contributed by atoms with E-state index in [0.29, 0.717) is 0 Å². The number of benzene rings is 1. The highest BCUT2D eigenvalue weighted by atomic mass is 15.1. The van der Waals surface area contributed by atoms with E-state index in [0.717, 1.165) is 12.5 Å². The van der Waals surface area contributed by atoms with Gasteiger partial charge in [-0.2, -0.15) is 0 Å². The lowest BCUT2D eigenvalue weighted by Crippen LogP contribution is -2.35. The fourth-order valence-electron chi connectivity index (χ4n) is 2.97. The van der Waals surface area contributed by atoms with Gasteiger partial charge in [-0.05, 0) is 35.5 Å². The second-order valence-corrected chi connectivity index (χ2v) is 5.38. The van der Waals surface area contributed by atoms with Gasteiger partial charge in [0.15, 0.2) is 0 Å². The summed E-state index contributed by atoms with van der Waals surface area (Å²) < 4.78 is 0. The monoisotopic (exact) mass is 239 g/mol. The van der Waals surface area contributed by atoms with Gasteiger partial charge in [-0.1, -0.05) is 49.4 Å². The van der Waals surface area contributed by atoms with Crippen LogP contribution in [0.5, 0.6) is 0 Å². The predicted molar refractivity (Wildman–Crippen MR) is 76.4 cm³/mol. The minimum Gasteiger partial charge on any atom is -0.298 e. The van der Waals surface area contributed by atoms with Gasteiger partial charge in [0.05, 0.1) is 0 Å². The zero-order valence-electron chi connectivity index (χ0n) is 11.1. The molecule has 0 saturated carbocycles. The van der Waals surface area contributed by atoms with Crippen molar-refractivity contribution >= 4 is 0 Å². The largest absolute Gasteiger partial charge is 0.298 e. The molecule has 0 bridgehead atoms. The zero-order chi connectivity index (χ0) is 12.4. The molecule has 0 amide bonds. The van der Waals surface area contributed by atoms with Crippen molar-refractivity contribution < 1.29 is 0 Å². The van der Waals surface area contributed by atoms with E-state index in [9.17, 15) is 0 Å². The quantitative estimate of drug-likeness (QED) is 0.776. The molecular weight excluding hydrogens is 218 g/mol. The van der Waals surface area contributed by atoms with Crippen molar-refractivity contribution in [2.45, 2.75) is 26.3 Å². The van der Waals surface area contributed by atoms with Gasteiger partial charge >= 0.3 is 0 Å². The van der Waals surface area contributed by atoms with Crippen LogP contribution in [0, 0.1) is 5.92 Å². The van der Waals surface area contributed by atoms with Crippen LogP contribution in [0.2, 0.25) is 0 Å². The Labute approximate surface area is 110 Å². The molecule has 18 heavy (non-hydrogen) atoms. The smallest absolute Gasteiger partial charge is 0.0236 e. The molecule has 1 aromatic carbocycles. The van der Waals surface area contributed by atoms with E-state index in [1.165, 1.54) is 37.1 Å². The minimum absolute atomic E-state index is 0.722. The van der Waals surface area contributed by atoms with Crippen molar-refractivity contribution in [1.29, 1.82) is 0 Å². The first-order valence-electron chi connectivity index (χ1n) is 7.04. The molecule has 1 aliphatic heterocycles. The maximum atomic E-state index is 2.61. The van der Waals surface area contributed by atoms with Crippen LogP contribution in [0.4, 0.5) is 0 Å². The van der Waals surface area contributed by atoms with Gasteiger partial charge in [0.1, 0.15) is 0 Å². The molecule has 2 aliphatic rings. The molecule has 1 heterocycles. The number of fused-ring (bicyclic) bond motifs is 1. The lowest BCUT2D eigenvalue weighted by Gasteiger charge is -2.32. The van der Waals surface area contributed by atoms with Crippen LogP contribution < -0.4 is 0 Å². The molecule has 0 fully saturated rings. The van der Waals surface area contributed by atoms with E-state index in [2.05, 4.69) is 54.3 Å². The molecule has 0 radical (unpaired) electrons. The van der Waals surface area contributed by atoms with Crippen LogP contribution >= 0.6 is 0 Å². The van der Waals surface area contributed by atoms with Crippen LogP contribution in [-0.4, -0.2) is 18.0 Å². The third kappa shape index (κ3) is 2.28. The summed E-state index contributed by atoms with van der Waals surface area (Å²) in [5.41, 5.74) is 4.61. The van der Waals surface area contributed by atoms with Crippen molar-refractivity contribution in [2.24, 2.45) is 5.92 Å². The van der Waals surface area contributed by atoms with Crippen LogP contribution in [0.15, 0.2) is 48.1 Å². The van der Waals surface area contributed by atoms with Gasteiger partial charge in [-0.15, -0.1) is 0 Å². The molecule has 1 aromatic rings. The lowest BCUT2D eigenvalue weighted by molar-refractivity contribution is 0.224. The molecule has 0 aromatic heterocycles. The molecule has 0 saturated heterocycles. The van der Waals surface area contributed by atoms with Crippen LogP contribution in [0.3, 0.4) is 0 Å². The molecule has 1 atom stereocenters. The van der Waals surface area contributed by atoms with Crippen molar-refractivity contribution in [3.05, 3.63) is 59.2 Å². The van der Waals surface area contributed by atoms with E-state index < -0.39 is 0 Å². The van der Waals surface area contributed by atoms with Gasteiger partial charge in [0, 0.05) is 19.6 Å². The summed E-state index contributed by atoms with van der Waals surface area (Å²) in [6, 6.07) is 8.89. The van der Waals surface area contributed by atoms with Gasteiger partial charge < -0.3 is 0 Å². The third-order valence-corrected chi connectivity index (χ3v) is 4.23. The zero-order valence-corrected chi connectivity index (χ0v) is 11.1. The Balaban J connectivity index is 1.65. The first kappa shape index (κ1) is 11.7. The summed E-state index contributed by atoms with van der Waals surface area (Å²) >= 11 is 0. The second-order valence-electron chi connectivity index (χ2n) is 5.38. The number of nitrogens with zero attached hydrogens (tertiary/aromatic N) is 1. The van der Waals surface area contributed by atoms with Crippen LogP contribution in [0.25, 0.3) is 0 Å². The summed E-state index contributed by atoms with van der Waals surface area (Å²) in [6.07, 6.45) is 9.15. The Kier molecular flexibility index (Phi) is 3.33. The summed E-state index contributed by atoms with van der Waals surface area (Å²) in [5.74, 6) is 0.722. The molecule has 0 spiro atoms. The number of rotatable bonds is 4. The third-order valence-electron chi connectivity index (χ3n) is 4.23. The minimum atomic E-state index is 0.722. The Morgan fingerprint density at radius 1 is 1.22 bits per heavy atom. The van der Waals surface area contributed by atoms with E-state index in [1.54, 1.807) is 5.56 Å².